The van der Waals surface area contributed by atoms with E-state index in [4.69, 9.17) is 15.6 Å². The Hall–Kier alpha value is -0.160. The minimum atomic E-state index is -0.846. The number of ether oxygens (including phenoxy) is 1. The van der Waals surface area contributed by atoms with Gasteiger partial charge in [-0.1, -0.05) is 6.92 Å². The molecule has 1 unspecified atom stereocenters. The molecule has 4 nitrogen and oxygen atoms in total. The van der Waals surface area contributed by atoms with Gasteiger partial charge in [-0.2, -0.15) is 0 Å². The average molecular weight is 162 g/mol. The summed E-state index contributed by atoms with van der Waals surface area (Å²) in [5.74, 6) is 0. The summed E-state index contributed by atoms with van der Waals surface area (Å²) in [4.78, 5) is 0. The number of nitrogens with two attached hydrogens (primary N) is 1. The molecule has 0 aromatic heterocycles. The van der Waals surface area contributed by atoms with Crippen molar-refractivity contribution in [1.82, 2.24) is 5.32 Å². The first-order valence-electron chi connectivity index (χ1n) is 3.99. The quantitative estimate of drug-likeness (QED) is 0.341. The molecule has 68 valence electrons. The Balaban J connectivity index is 2.80. The second-order valence-electron chi connectivity index (χ2n) is 2.39. The molecule has 0 amide bonds. The topological polar surface area (TPSA) is 67.5 Å². The summed E-state index contributed by atoms with van der Waals surface area (Å²) < 4.78 is 5.00. The van der Waals surface area contributed by atoms with Crippen molar-refractivity contribution in [2.24, 2.45) is 5.73 Å². The van der Waals surface area contributed by atoms with Crippen molar-refractivity contribution >= 4 is 0 Å². The Morgan fingerprint density at radius 3 is 2.82 bits per heavy atom. The number of nitrogens with one attached hydrogen (secondary N) is 1. The van der Waals surface area contributed by atoms with E-state index in [1.807, 2.05) is 0 Å². The normalized spacial score (nSPS) is 13.4. The Morgan fingerprint density at radius 1 is 1.55 bits per heavy atom. The van der Waals surface area contributed by atoms with E-state index in [-0.39, 0.29) is 6.61 Å². The second-order valence-corrected chi connectivity index (χ2v) is 2.39. The molecule has 0 rings (SSSR count). The summed E-state index contributed by atoms with van der Waals surface area (Å²) in [6.07, 6.45) is 0.278. The zero-order chi connectivity index (χ0) is 8.53. The van der Waals surface area contributed by atoms with E-state index in [2.05, 4.69) is 12.2 Å². The largest absolute Gasteiger partial charge is 0.376 e. The predicted molar refractivity (Wildman–Crippen MR) is 44.2 cm³/mol. The molecule has 4 N–H and O–H groups in total. The molecule has 11 heavy (non-hydrogen) atoms. The summed E-state index contributed by atoms with van der Waals surface area (Å²) in [6.45, 7) is 4.76. The van der Waals surface area contributed by atoms with Crippen molar-refractivity contribution < 1.29 is 9.84 Å². The SMILES string of the molecule is CCCNCCOCC(N)O. The van der Waals surface area contributed by atoms with Crippen LogP contribution in [-0.4, -0.2) is 37.6 Å². The van der Waals surface area contributed by atoms with Gasteiger partial charge < -0.3 is 20.9 Å². The van der Waals surface area contributed by atoms with Gasteiger partial charge in [0.15, 0.2) is 0 Å². The maximum absolute atomic E-state index is 8.59. The third-order valence-electron chi connectivity index (χ3n) is 1.14. The van der Waals surface area contributed by atoms with Gasteiger partial charge >= 0.3 is 0 Å². The van der Waals surface area contributed by atoms with E-state index in [1.54, 1.807) is 0 Å². The van der Waals surface area contributed by atoms with Gasteiger partial charge in [0.1, 0.15) is 6.23 Å². The lowest BCUT2D eigenvalue weighted by Gasteiger charge is -2.06. The van der Waals surface area contributed by atoms with Crippen LogP contribution in [0.4, 0.5) is 0 Å². The van der Waals surface area contributed by atoms with Gasteiger partial charge in [0, 0.05) is 6.54 Å². The van der Waals surface area contributed by atoms with Crippen molar-refractivity contribution in [3.63, 3.8) is 0 Å². The van der Waals surface area contributed by atoms with E-state index in [0.29, 0.717) is 6.61 Å². The minimum Gasteiger partial charge on any atom is -0.376 e. The average Bonchev–Trinajstić information content (AvgIpc) is 1.96. The van der Waals surface area contributed by atoms with Crippen LogP contribution in [0.25, 0.3) is 0 Å². The van der Waals surface area contributed by atoms with Crippen LogP contribution >= 0.6 is 0 Å². The summed E-state index contributed by atoms with van der Waals surface area (Å²) in [7, 11) is 0. The van der Waals surface area contributed by atoms with Crippen LogP contribution < -0.4 is 11.1 Å². The van der Waals surface area contributed by atoms with Gasteiger partial charge in [0.05, 0.1) is 13.2 Å². The first kappa shape index (κ1) is 10.8. The van der Waals surface area contributed by atoms with E-state index >= 15 is 0 Å². The molecule has 1 atom stereocenters. The lowest BCUT2D eigenvalue weighted by Crippen LogP contribution is -2.28. The second kappa shape index (κ2) is 7.94. The summed E-state index contributed by atoms with van der Waals surface area (Å²) in [5, 5.41) is 11.7. The molecule has 0 saturated carbocycles. The van der Waals surface area contributed by atoms with Crippen LogP contribution in [0.1, 0.15) is 13.3 Å². The molecule has 0 aromatic rings. The van der Waals surface area contributed by atoms with Crippen molar-refractivity contribution in [1.29, 1.82) is 0 Å². The molecule has 0 heterocycles. The van der Waals surface area contributed by atoms with Crippen LogP contribution in [0.5, 0.6) is 0 Å². The third kappa shape index (κ3) is 9.84. The zero-order valence-corrected chi connectivity index (χ0v) is 7.05. The Kier molecular flexibility index (Phi) is 7.83. The van der Waals surface area contributed by atoms with Crippen molar-refractivity contribution in [3.8, 4) is 0 Å². The van der Waals surface area contributed by atoms with E-state index in [0.717, 1.165) is 19.5 Å². The fourth-order valence-electron chi connectivity index (χ4n) is 0.650. The van der Waals surface area contributed by atoms with Crippen LogP contribution in [0, 0.1) is 0 Å². The first-order valence-corrected chi connectivity index (χ1v) is 3.99. The number of hydrogen-bond acceptors (Lipinski definition) is 4. The molecule has 0 radical (unpaired) electrons. The highest BCUT2D eigenvalue weighted by Gasteiger charge is 1.93. The molecule has 0 aromatic carbocycles. The van der Waals surface area contributed by atoms with Crippen molar-refractivity contribution in [2.45, 2.75) is 19.6 Å². The Labute approximate surface area is 67.7 Å². The minimum absolute atomic E-state index is 0.216. The van der Waals surface area contributed by atoms with E-state index < -0.39 is 6.23 Å². The Morgan fingerprint density at radius 2 is 2.27 bits per heavy atom. The molecule has 0 aliphatic rings. The van der Waals surface area contributed by atoms with Gasteiger partial charge in [-0.15, -0.1) is 0 Å². The van der Waals surface area contributed by atoms with E-state index in [1.165, 1.54) is 0 Å². The van der Waals surface area contributed by atoms with Crippen molar-refractivity contribution in [3.05, 3.63) is 0 Å². The maximum Gasteiger partial charge on any atom is 0.126 e. The molecular formula is C7H18N2O2. The fourth-order valence-corrected chi connectivity index (χ4v) is 0.650. The van der Waals surface area contributed by atoms with Gasteiger partial charge in [-0.05, 0) is 13.0 Å². The maximum atomic E-state index is 8.59. The molecule has 0 fully saturated rings. The van der Waals surface area contributed by atoms with Crippen molar-refractivity contribution in [2.75, 3.05) is 26.3 Å². The molecule has 0 saturated heterocycles. The highest BCUT2D eigenvalue weighted by Crippen LogP contribution is 1.76. The van der Waals surface area contributed by atoms with Crippen LogP contribution in [0.15, 0.2) is 0 Å². The number of rotatable bonds is 7. The van der Waals surface area contributed by atoms with Gasteiger partial charge in [0.25, 0.3) is 0 Å². The molecular weight excluding hydrogens is 144 g/mol. The molecule has 0 aliphatic carbocycles. The van der Waals surface area contributed by atoms with Crippen LogP contribution in [0.2, 0.25) is 0 Å². The lowest BCUT2D eigenvalue weighted by atomic mass is 10.5. The van der Waals surface area contributed by atoms with Crippen LogP contribution in [0.3, 0.4) is 0 Å². The number of aliphatic hydroxyl groups excluding tert-OH is 1. The summed E-state index contributed by atoms with van der Waals surface area (Å²) in [5.41, 5.74) is 5.04. The fraction of sp³-hybridized carbons (Fsp3) is 1.00. The third-order valence-corrected chi connectivity index (χ3v) is 1.14. The standard InChI is InChI=1S/C7H18N2O2/c1-2-3-9-4-5-11-6-7(8)10/h7,9-10H,2-6,8H2,1H3. The van der Waals surface area contributed by atoms with Gasteiger partial charge in [-0.3, -0.25) is 0 Å². The number of aliphatic hydroxyl groups is 1. The first-order chi connectivity index (χ1) is 5.27. The highest BCUT2D eigenvalue weighted by molar-refractivity contribution is 4.44. The van der Waals surface area contributed by atoms with E-state index in [9.17, 15) is 0 Å². The lowest BCUT2D eigenvalue weighted by molar-refractivity contribution is 0.0416. The number of hydrogen-bond donors (Lipinski definition) is 3. The smallest absolute Gasteiger partial charge is 0.126 e. The summed E-state index contributed by atoms with van der Waals surface area (Å²) >= 11 is 0. The van der Waals surface area contributed by atoms with Gasteiger partial charge in [-0.25, -0.2) is 0 Å². The molecule has 0 aliphatic heterocycles. The monoisotopic (exact) mass is 162 g/mol. The molecule has 4 heteroatoms. The summed E-state index contributed by atoms with van der Waals surface area (Å²) in [6, 6.07) is 0. The molecule has 0 bridgehead atoms. The predicted octanol–water partition coefficient (Wildman–Crippen LogP) is -0.720. The molecule has 0 spiro atoms. The highest BCUT2D eigenvalue weighted by atomic mass is 16.5. The van der Waals surface area contributed by atoms with Crippen LogP contribution in [-0.2, 0) is 4.74 Å². The Bertz CT molecular complexity index is 78.8. The van der Waals surface area contributed by atoms with Gasteiger partial charge in [0.2, 0.25) is 0 Å². The zero-order valence-electron chi connectivity index (χ0n) is 7.05.